The summed E-state index contributed by atoms with van der Waals surface area (Å²) in [6, 6.07) is 10.0. The normalized spacial score (nSPS) is 11.1. The van der Waals surface area contributed by atoms with Crippen LogP contribution in [-0.2, 0) is 30.3 Å². The zero-order valence-corrected chi connectivity index (χ0v) is 15.6. The average molecular weight is 403 g/mol. The molecule has 0 saturated carbocycles. The van der Waals surface area contributed by atoms with Gasteiger partial charge in [0.25, 0.3) is 0 Å². The summed E-state index contributed by atoms with van der Waals surface area (Å²) in [5.41, 5.74) is 0.654. The van der Waals surface area contributed by atoms with E-state index < -0.39 is 35.7 Å². The first-order chi connectivity index (χ1) is 13.8. The maximum atomic E-state index is 13.2. The van der Waals surface area contributed by atoms with Crippen molar-refractivity contribution in [2.24, 2.45) is 0 Å². The molecule has 9 heteroatoms. The molecular weight excluding hydrogens is 385 g/mol. The Balaban J connectivity index is 2.05. The molecule has 0 aliphatic heterocycles. The molecule has 29 heavy (non-hydrogen) atoms. The summed E-state index contributed by atoms with van der Waals surface area (Å²) in [4.78, 5) is 46.8. The van der Waals surface area contributed by atoms with Crippen LogP contribution in [0.4, 0.5) is 4.39 Å². The summed E-state index contributed by atoms with van der Waals surface area (Å²) >= 11 is 0. The molecule has 0 fully saturated rings. The summed E-state index contributed by atoms with van der Waals surface area (Å²) in [6.45, 7) is 0. The third-order valence-corrected chi connectivity index (χ3v) is 3.80. The zero-order valence-electron chi connectivity index (χ0n) is 15.6. The van der Waals surface area contributed by atoms with Gasteiger partial charge in [-0.25, -0.2) is 18.8 Å². The fraction of sp³-hybridized carbons (Fsp3) is 0.200. The van der Waals surface area contributed by atoms with Crippen molar-refractivity contribution in [3.8, 4) is 5.75 Å². The van der Waals surface area contributed by atoms with Crippen LogP contribution in [0.3, 0.4) is 0 Å². The van der Waals surface area contributed by atoms with Gasteiger partial charge in [-0.15, -0.1) is 0 Å². The van der Waals surface area contributed by atoms with Gasteiger partial charge < -0.3 is 19.5 Å². The molecule has 1 amide bonds. The topological polar surface area (TPSA) is 108 Å². The van der Waals surface area contributed by atoms with Crippen molar-refractivity contribution >= 4 is 23.8 Å². The Bertz CT molecular complexity index is 911. The van der Waals surface area contributed by atoms with Gasteiger partial charge in [-0.2, -0.15) is 0 Å². The van der Waals surface area contributed by atoms with Crippen molar-refractivity contribution in [3.05, 3.63) is 65.5 Å². The number of rotatable bonds is 6. The van der Waals surface area contributed by atoms with Crippen LogP contribution in [0.5, 0.6) is 5.75 Å². The highest BCUT2D eigenvalue weighted by Gasteiger charge is 2.25. The lowest BCUT2D eigenvalue weighted by Crippen LogP contribution is -2.46. The number of ether oxygens (including phenoxy) is 3. The Morgan fingerprint density at radius 2 is 1.69 bits per heavy atom. The van der Waals surface area contributed by atoms with E-state index in [1.807, 2.05) is 0 Å². The minimum atomic E-state index is -1.14. The van der Waals surface area contributed by atoms with E-state index in [2.05, 4.69) is 14.8 Å². The fourth-order valence-electron chi connectivity index (χ4n) is 2.36. The van der Waals surface area contributed by atoms with E-state index in [1.165, 1.54) is 30.3 Å². The highest BCUT2D eigenvalue weighted by molar-refractivity contribution is 6.32. The fourth-order valence-corrected chi connectivity index (χ4v) is 2.36. The van der Waals surface area contributed by atoms with Crippen LogP contribution in [0.1, 0.15) is 15.9 Å². The van der Waals surface area contributed by atoms with Gasteiger partial charge in [0.15, 0.2) is 0 Å². The highest BCUT2D eigenvalue weighted by Crippen LogP contribution is 2.16. The number of nitrogens with one attached hydrogen (secondary N) is 1. The molecule has 2 aromatic rings. The maximum Gasteiger partial charge on any atom is 0.396 e. The van der Waals surface area contributed by atoms with Crippen LogP contribution in [0.25, 0.3) is 0 Å². The molecule has 1 N–H and O–H groups in total. The number of hydrogen-bond donors (Lipinski definition) is 1. The van der Waals surface area contributed by atoms with Crippen molar-refractivity contribution < 1.29 is 37.8 Å². The van der Waals surface area contributed by atoms with Crippen LogP contribution < -0.4 is 10.1 Å². The maximum absolute atomic E-state index is 13.2. The van der Waals surface area contributed by atoms with Gasteiger partial charge in [-0.3, -0.25) is 4.79 Å². The number of methoxy groups -OCH3 is 2. The molecule has 0 spiro atoms. The van der Waals surface area contributed by atoms with Crippen molar-refractivity contribution in [1.29, 1.82) is 0 Å². The van der Waals surface area contributed by atoms with Gasteiger partial charge in [0.1, 0.15) is 17.6 Å². The summed E-state index contributed by atoms with van der Waals surface area (Å²) in [6.07, 6.45) is 0.0214. The summed E-state index contributed by atoms with van der Waals surface area (Å²) < 4.78 is 27.3. The number of esters is 3. The Hall–Kier alpha value is -3.75. The highest BCUT2D eigenvalue weighted by atomic mass is 19.1. The Labute approximate surface area is 165 Å². The van der Waals surface area contributed by atoms with E-state index in [9.17, 15) is 23.6 Å². The van der Waals surface area contributed by atoms with Gasteiger partial charge in [0.05, 0.1) is 19.8 Å². The van der Waals surface area contributed by atoms with Crippen LogP contribution >= 0.6 is 0 Å². The standard InChI is InChI=1S/C20H18FNO7/c1-27-19(25)16(22-17(23)20(26)28-2)10-12-6-8-15(9-7-12)29-18(24)13-4-3-5-14(21)11-13/h3-9,11,16H,10H2,1-2H3,(H,22,23)/t16-/m1/s1. The minimum absolute atomic E-state index is 0.0214. The molecule has 152 valence electrons. The first-order valence-electron chi connectivity index (χ1n) is 8.37. The van der Waals surface area contributed by atoms with E-state index >= 15 is 0 Å². The molecule has 2 aromatic carbocycles. The van der Waals surface area contributed by atoms with E-state index in [0.717, 1.165) is 20.3 Å². The molecule has 8 nitrogen and oxygen atoms in total. The van der Waals surface area contributed by atoms with Crippen molar-refractivity contribution in [2.45, 2.75) is 12.5 Å². The Kier molecular flexibility index (Phi) is 7.41. The molecule has 2 rings (SSSR count). The quantitative estimate of drug-likeness (QED) is 0.441. The van der Waals surface area contributed by atoms with Gasteiger partial charge in [0, 0.05) is 6.42 Å². The predicted octanol–water partition coefficient (Wildman–Crippen LogP) is 1.42. The Morgan fingerprint density at radius 3 is 2.28 bits per heavy atom. The molecular formula is C20H18FNO7. The van der Waals surface area contributed by atoms with E-state index in [4.69, 9.17) is 4.74 Å². The molecule has 0 heterocycles. The third-order valence-electron chi connectivity index (χ3n) is 3.80. The van der Waals surface area contributed by atoms with Gasteiger partial charge in [0.2, 0.25) is 0 Å². The second-order valence-corrected chi connectivity index (χ2v) is 5.79. The first-order valence-corrected chi connectivity index (χ1v) is 8.37. The number of carbonyl (C=O) groups is 4. The lowest BCUT2D eigenvalue weighted by molar-refractivity contribution is -0.154. The van der Waals surface area contributed by atoms with E-state index in [-0.39, 0.29) is 17.7 Å². The summed E-state index contributed by atoms with van der Waals surface area (Å²) in [5.74, 6) is -4.05. The number of benzene rings is 2. The van der Waals surface area contributed by atoms with Crippen LogP contribution in [0, 0.1) is 5.82 Å². The molecule has 0 aliphatic rings. The lowest BCUT2D eigenvalue weighted by atomic mass is 10.1. The lowest BCUT2D eigenvalue weighted by Gasteiger charge is -2.16. The number of halogens is 1. The van der Waals surface area contributed by atoms with E-state index in [0.29, 0.717) is 5.56 Å². The molecule has 0 saturated heterocycles. The predicted molar refractivity (Wildman–Crippen MR) is 97.5 cm³/mol. The monoisotopic (exact) mass is 403 g/mol. The van der Waals surface area contributed by atoms with E-state index in [1.54, 1.807) is 12.1 Å². The molecule has 1 atom stereocenters. The smallest absolute Gasteiger partial charge is 0.396 e. The number of carbonyl (C=O) groups excluding carboxylic acids is 4. The SMILES string of the molecule is COC(=O)C(=O)N[C@H](Cc1ccc(OC(=O)c2cccc(F)c2)cc1)C(=O)OC. The Morgan fingerprint density at radius 1 is 1.00 bits per heavy atom. The largest absolute Gasteiger partial charge is 0.467 e. The van der Waals surface area contributed by atoms with Crippen molar-refractivity contribution in [3.63, 3.8) is 0 Å². The molecule has 0 unspecified atom stereocenters. The number of hydrogen-bond acceptors (Lipinski definition) is 7. The zero-order chi connectivity index (χ0) is 21.4. The van der Waals surface area contributed by atoms with Crippen LogP contribution in [0.15, 0.2) is 48.5 Å². The second kappa shape index (κ2) is 9.98. The summed E-state index contributed by atoms with van der Waals surface area (Å²) in [7, 11) is 2.19. The third kappa shape index (κ3) is 6.13. The first kappa shape index (κ1) is 21.5. The second-order valence-electron chi connectivity index (χ2n) is 5.79. The molecule has 0 aliphatic carbocycles. The molecule has 0 aromatic heterocycles. The van der Waals surface area contributed by atoms with Crippen molar-refractivity contribution in [2.75, 3.05) is 14.2 Å². The summed E-state index contributed by atoms with van der Waals surface area (Å²) in [5, 5.41) is 2.23. The molecule has 0 radical (unpaired) electrons. The molecule has 0 bridgehead atoms. The number of amides is 1. The van der Waals surface area contributed by atoms with Crippen LogP contribution in [0.2, 0.25) is 0 Å². The minimum Gasteiger partial charge on any atom is -0.467 e. The van der Waals surface area contributed by atoms with Crippen molar-refractivity contribution in [1.82, 2.24) is 5.32 Å². The van der Waals surface area contributed by atoms with Gasteiger partial charge >= 0.3 is 23.8 Å². The van der Waals surface area contributed by atoms with Crippen LogP contribution in [-0.4, -0.2) is 44.1 Å². The average Bonchev–Trinajstić information content (AvgIpc) is 2.73. The van der Waals surface area contributed by atoms with Gasteiger partial charge in [-0.1, -0.05) is 18.2 Å². The van der Waals surface area contributed by atoms with Gasteiger partial charge in [-0.05, 0) is 35.9 Å².